The predicted octanol–water partition coefficient (Wildman–Crippen LogP) is 0.780. The molecule has 0 aliphatic rings. The van der Waals surface area contributed by atoms with Crippen molar-refractivity contribution in [1.82, 2.24) is 15.5 Å². The first-order valence-electron chi connectivity index (χ1n) is 6.25. The first-order valence-corrected chi connectivity index (χ1v) is 6.25. The molecule has 3 N–H and O–H groups in total. The van der Waals surface area contributed by atoms with Crippen LogP contribution in [0.4, 0.5) is 5.69 Å². The van der Waals surface area contributed by atoms with Gasteiger partial charge in [-0.25, -0.2) is 0 Å². The lowest BCUT2D eigenvalue weighted by Gasteiger charge is -2.08. The molecule has 1 aromatic heterocycles. The number of nitrogens with zero attached hydrogens (tertiary/aromatic N) is 2. The number of anilines is 1. The van der Waals surface area contributed by atoms with E-state index in [4.69, 9.17) is 10.5 Å². The van der Waals surface area contributed by atoms with Gasteiger partial charge in [-0.05, 0) is 12.1 Å². The zero-order valence-electron chi connectivity index (χ0n) is 10.9. The highest BCUT2D eigenvalue weighted by Crippen LogP contribution is 2.19. The van der Waals surface area contributed by atoms with Gasteiger partial charge in [0.1, 0.15) is 5.75 Å². The molecule has 0 fully saturated rings. The molecule has 1 aromatic carbocycles. The van der Waals surface area contributed by atoms with Crippen LogP contribution in [-0.4, -0.2) is 29.2 Å². The molecule has 0 unspecified atom stereocenters. The van der Waals surface area contributed by atoms with E-state index in [0.29, 0.717) is 30.2 Å². The van der Waals surface area contributed by atoms with Crippen LogP contribution in [0.1, 0.15) is 12.2 Å². The van der Waals surface area contributed by atoms with Crippen LogP contribution in [0.2, 0.25) is 0 Å². The number of hydrogen-bond donors (Lipinski definition) is 2. The Bertz CT molecular complexity index is 542. The third-order valence-electron chi connectivity index (χ3n) is 2.58. The van der Waals surface area contributed by atoms with Crippen LogP contribution in [-0.2, 0) is 11.2 Å². The summed E-state index contributed by atoms with van der Waals surface area (Å²) in [6, 6.07) is 7.17. The van der Waals surface area contributed by atoms with E-state index >= 15 is 0 Å². The zero-order chi connectivity index (χ0) is 14.2. The molecular formula is C13H16N4O3. The highest BCUT2D eigenvalue weighted by molar-refractivity contribution is 5.76. The van der Waals surface area contributed by atoms with E-state index in [2.05, 4.69) is 20.0 Å². The van der Waals surface area contributed by atoms with Gasteiger partial charge in [-0.2, -0.15) is 4.98 Å². The second-order valence-corrected chi connectivity index (χ2v) is 4.08. The molecule has 2 rings (SSSR count). The highest BCUT2D eigenvalue weighted by Gasteiger charge is 2.04. The van der Waals surface area contributed by atoms with Crippen molar-refractivity contribution in [2.24, 2.45) is 0 Å². The van der Waals surface area contributed by atoms with E-state index in [9.17, 15) is 4.79 Å². The van der Waals surface area contributed by atoms with Gasteiger partial charge in [0, 0.05) is 13.0 Å². The molecule has 106 valence electrons. The van der Waals surface area contributed by atoms with E-state index in [1.165, 1.54) is 6.39 Å². The van der Waals surface area contributed by atoms with Crippen molar-refractivity contribution in [3.63, 3.8) is 0 Å². The summed E-state index contributed by atoms with van der Waals surface area (Å²) in [5.74, 6) is 1.06. The normalized spacial score (nSPS) is 10.2. The summed E-state index contributed by atoms with van der Waals surface area (Å²) in [7, 11) is 0. The second kappa shape index (κ2) is 7.13. The van der Waals surface area contributed by atoms with Gasteiger partial charge in [0.2, 0.25) is 12.3 Å². The molecule has 0 aliphatic heterocycles. The highest BCUT2D eigenvalue weighted by atomic mass is 16.5. The summed E-state index contributed by atoms with van der Waals surface area (Å²) in [6.07, 6.45) is 2.06. The number of nitrogens with one attached hydrogen (secondary N) is 1. The maximum Gasteiger partial charge on any atom is 0.223 e. The SMILES string of the molecule is Nc1ccccc1OCCC(=O)NCCc1ncon1. The molecule has 0 radical (unpaired) electrons. The number of carbonyl (C=O) groups is 1. The van der Waals surface area contributed by atoms with Crippen molar-refractivity contribution < 1.29 is 14.1 Å². The summed E-state index contributed by atoms with van der Waals surface area (Å²) < 4.78 is 10.0. The van der Waals surface area contributed by atoms with Gasteiger partial charge < -0.3 is 20.3 Å². The van der Waals surface area contributed by atoms with Crippen molar-refractivity contribution >= 4 is 11.6 Å². The van der Waals surface area contributed by atoms with Crippen molar-refractivity contribution in [2.75, 3.05) is 18.9 Å². The summed E-state index contributed by atoms with van der Waals surface area (Å²) in [5.41, 5.74) is 6.28. The van der Waals surface area contributed by atoms with Gasteiger partial charge in [0.25, 0.3) is 0 Å². The van der Waals surface area contributed by atoms with E-state index in [-0.39, 0.29) is 18.9 Å². The average molecular weight is 276 g/mol. The monoisotopic (exact) mass is 276 g/mol. The fourth-order valence-electron chi connectivity index (χ4n) is 1.57. The first-order chi connectivity index (χ1) is 9.75. The van der Waals surface area contributed by atoms with Crippen LogP contribution in [0.15, 0.2) is 35.2 Å². The number of aromatic nitrogens is 2. The van der Waals surface area contributed by atoms with Crippen molar-refractivity contribution in [3.8, 4) is 5.75 Å². The molecule has 0 bridgehead atoms. The molecule has 0 atom stereocenters. The minimum Gasteiger partial charge on any atom is -0.491 e. The second-order valence-electron chi connectivity index (χ2n) is 4.08. The van der Waals surface area contributed by atoms with Crippen LogP contribution in [0.3, 0.4) is 0 Å². The fourth-order valence-corrected chi connectivity index (χ4v) is 1.57. The van der Waals surface area contributed by atoms with Crippen molar-refractivity contribution in [2.45, 2.75) is 12.8 Å². The van der Waals surface area contributed by atoms with E-state index in [1.807, 2.05) is 12.1 Å². The molecule has 20 heavy (non-hydrogen) atoms. The van der Waals surface area contributed by atoms with E-state index < -0.39 is 0 Å². The van der Waals surface area contributed by atoms with Crippen LogP contribution in [0.5, 0.6) is 5.75 Å². The van der Waals surface area contributed by atoms with Crippen LogP contribution >= 0.6 is 0 Å². The largest absolute Gasteiger partial charge is 0.491 e. The lowest BCUT2D eigenvalue weighted by molar-refractivity contribution is -0.121. The topological polar surface area (TPSA) is 103 Å². The van der Waals surface area contributed by atoms with Crippen LogP contribution in [0.25, 0.3) is 0 Å². The Hall–Kier alpha value is -2.57. The lowest BCUT2D eigenvalue weighted by Crippen LogP contribution is -2.27. The molecule has 1 heterocycles. The van der Waals surface area contributed by atoms with Gasteiger partial charge in [0.15, 0.2) is 5.82 Å². The predicted molar refractivity (Wildman–Crippen MR) is 72.0 cm³/mol. The van der Waals surface area contributed by atoms with E-state index in [1.54, 1.807) is 12.1 Å². The number of nitrogens with two attached hydrogens (primary N) is 1. The van der Waals surface area contributed by atoms with Gasteiger partial charge >= 0.3 is 0 Å². The standard InChI is InChI=1S/C13H16N4O3/c14-10-3-1-2-4-11(10)19-8-6-13(18)15-7-5-12-16-9-20-17-12/h1-4,9H,5-8,14H2,(H,15,18). The first kappa shape index (κ1) is 13.9. The summed E-state index contributed by atoms with van der Waals surface area (Å²) in [5, 5.41) is 6.40. The molecule has 0 spiro atoms. The molecule has 7 heteroatoms. The summed E-state index contributed by atoms with van der Waals surface area (Å²) >= 11 is 0. The smallest absolute Gasteiger partial charge is 0.223 e. The Labute approximate surface area is 116 Å². The molecule has 0 saturated carbocycles. The Morgan fingerprint density at radius 1 is 1.40 bits per heavy atom. The number of rotatable bonds is 7. The third kappa shape index (κ3) is 4.27. The maximum atomic E-state index is 11.6. The number of benzene rings is 1. The molecular weight excluding hydrogens is 260 g/mol. The molecule has 1 amide bonds. The van der Waals surface area contributed by atoms with Gasteiger partial charge in [-0.3, -0.25) is 4.79 Å². The zero-order valence-corrected chi connectivity index (χ0v) is 10.9. The van der Waals surface area contributed by atoms with Crippen molar-refractivity contribution in [1.29, 1.82) is 0 Å². The number of nitrogen functional groups attached to an aromatic ring is 1. The summed E-state index contributed by atoms with van der Waals surface area (Å²) in [4.78, 5) is 15.4. The average Bonchev–Trinajstić information content (AvgIpc) is 2.94. The van der Waals surface area contributed by atoms with Gasteiger partial charge in [-0.15, -0.1) is 0 Å². The summed E-state index contributed by atoms with van der Waals surface area (Å²) in [6.45, 7) is 0.744. The third-order valence-corrected chi connectivity index (χ3v) is 2.58. The molecule has 0 saturated heterocycles. The molecule has 0 aliphatic carbocycles. The van der Waals surface area contributed by atoms with Crippen LogP contribution in [0, 0.1) is 0 Å². The minimum absolute atomic E-state index is 0.0944. The van der Waals surface area contributed by atoms with Crippen molar-refractivity contribution in [3.05, 3.63) is 36.5 Å². The van der Waals surface area contributed by atoms with Gasteiger partial charge in [-0.1, -0.05) is 17.3 Å². The van der Waals surface area contributed by atoms with Crippen LogP contribution < -0.4 is 15.8 Å². The fraction of sp³-hybridized carbons (Fsp3) is 0.308. The lowest BCUT2D eigenvalue weighted by atomic mass is 10.3. The quantitative estimate of drug-likeness (QED) is 0.724. The maximum absolute atomic E-state index is 11.6. The number of ether oxygens (including phenoxy) is 1. The Balaban J connectivity index is 1.62. The minimum atomic E-state index is -0.0944. The number of carbonyl (C=O) groups excluding carboxylic acids is 1. The Kier molecular flexibility index (Phi) is 4.94. The number of para-hydroxylation sites is 2. The Morgan fingerprint density at radius 3 is 3.00 bits per heavy atom. The number of hydrogen-bond acceptors (Lipinski definition) is 6. The number of amides is 1. The Morgan fingerprint density at radius 2 is 2.25 bits per heavy atom. The van der Waals surface area contributed by atoms with E-state index in [0.717, 1.165) is 0 Å². The van der Waals surface area contributed by atoms with Gasteiger partial charge in [0.05, 0.1) is 18.7 Å². The molecule has 7 nitrogen and oxygen atoms in total. The molecule has 2 aromatic rings.